The molecule has 0 aliphatic heterocycles. The van der Waals surface area contributed by atoms with Crippen LogP contribution in [0.25, 0.3) is 15.5 Å². The van der Waals surface area contributed by atoms with Gasteiger partial charge >= 0.3 is 0 Å². The van der Waals surface area contributed by atoms with E-state index in [1.807, 2.05) is 6.07 Å². The molecule has 0 aliphatic carbocycles. The highest BCUT2D eigenvalue weighted by Crippen LogP contribution is 2.27. The summed E-state index contributed by atoms with van der Waals surface area (Å²) in [5.74, 6) is -0.411. The van der Waals surface area contributed by atoms with Crippen LogP contribution in [0.5, 0.6) is 0 Å². The summed E-state index contributed by atoms with van der Waals surface area (Å²) >= 11 is 1.38. The van der Waals surface area contributed by atoms with Gasteiger partial charge in [-0.15, -0.1) is 10.2 Å². The molecule has 1 N–H and O–H groups in total. The summed E-state index contributed by atoms with van der Waals surface area (Å²) in [6, 6.07) is 11.6. The van der Waals surface area contributed by atoms with E-state index in [-0.39, 0.29) is 11.3 Å². The lowest BCUT2D eigenvalue weighted by Gasteiger charge is -2.09. The maximum Gasteiger partial charge on any atom is 0.273 e. The average Bonchev–Trinajstić information content (AvgIpc) is 3.23. The van der Waals surface area contributed by atoms with Gasteiger partial charge in [-0.25, -0.2) is 0 Å². The average molecular weight is 380 g/mol. The van der Waals surface area contributed by atoms with Crippen LogP contribution in [0.15, 0.2) is 48.8 Å². The Morgan fingerprint density at radius 1 is 1.26 bits per heavy atom. The number of anilines is 1. The van der Waals surface area contributed by atoms with Crippen molar-refractivity contribution in [3.05, 3.63) is 70.0 Å². The molecule has 4 aromatic rings. The molecule has 2 heterocycles. The molecule has 0 radical (unpaired) electrons. The van der Waals surface area contributed by atoms with Gasteiger partial charge in [0.25, 0.3) is 11.6 Å². The van der Waals surface area contributed by atoms with Gasteiger partial charge in [-0.05, 0) is 25.1 Å². The van der Waals surface area contributed by atoms with E-state index in [2.05, 4.69) is 20.6 Å². The number of benzene rings is 2. The van der Waals surface area contributed by atoms with Crippen LogP contribution in [0.4, 0.5) is 11.4 Å². The fourth-order valence-corrected chi connectivity index (χ4v) is 3.49. The second-order valence-electron chi connectivity index (χ2n) is 5.71. The minimum Gasteiger partial charge on any atom is -0.322 e. The first-order valence-electron chi connectivity index (χ1n) is 7.85. The molecule has 4 rings (SSSR count). The molecule has 0 unspecified atom stereocenters. The van der Waals surface area contributed by atoms with Gasteiger partial charge in [-0.3, -0.25) is 14.9 Å². The molecule has 10 heteroatoms. The van der Waals surface area contributed by atoms with Crippen molar-refractivity contribution in [2.45, 2.75) is 6.92 Å². The number of nitro groups is 1. The normalized spacial score (nSPS) is 10.9. The van der Waals surface area contributed by atoms with Gasteiger partial charge in [-0.1, -0.05) is 29.5 Å². The van der Waals surface area contributed by atoms with E-state index in [9.17, 15) is 14.9 Å². The van der Waals surface area contributed by atoms with Gasteiger partial charge in [0.05, 0.1) is 4.92 Å². The van der Waals surface area contributed by atoms with E-state index < -0.39 is 10.8 Å². The topological polar surface area (TPSA) is 115 Å². The summed E-state index contributed by atoms with van der Waals surface area (Å²) in [5, 5.41) is 26.7. The van der Waals surface area contributed by atoms with E-state index in [4.69, 9.17) is 0 Å². The van der Waals surface area contributed by atoms with Crippen LogP contribution in [-0.2, 0) is 0 Å². The van der Waals surface area contributed by atoms with E-state index in [1.54, 1.807) is 35.7 Å². The molecular weight excluding hydrogens is 368 g/mol. The first-order valence-corrected chi connectivity index (χ1v) is 8.67. The minimum absolute atomic E-state index is 0.0869. The van der Waals surface area contributed by atoms with Gasteiger partial charge in [0.2, 0.25) is 4.96 Å². The Balaban J connectivity index is 1.62. The molecule has 0 bridgehead atoms. The molecule has 0 spiro atoms. The van der Waals surface area contributed by atoms with Crippen molar-refractivity contribution in [3.63, 3.8) is 0 Å². The zero-order valence-electron chi connectivity index (χ0n) is 14.0. The molecule has 2 aromatic heterocycles. The Kier molecular flexibility index (Phi) is 4.09. The highest BCUT2D eigenvalue weighted by Gasteiger charge is 2.18. The number of amides is 1. The van der Waals surface area contributed by atoms with E-state index in [0.717, 1.165) is 10.6 Å². The van der Waals surface area contributed by atoms with Crippen LogP contribution in [0.1, 0.15) is 15.9 Å². The second kappa shape index (κ2) is 6.57. The third-order valence-electron chi connectivity index (χ3n) is 4.00. The first kappa shape index (κ1) is 16.8. The van der Waals surface area contributed by atoms with Crippen molar-refractivity contribution in [3.8, 4) is 10.6 Å². The fraction of sp³-hybridized carbons (Fsp3) is 0.0588. The molecule has 2 aromatic carbocycles. The van der Waals surface area contributed by atoms with Crippen molar-refractivity contribution in [1.29, 1.82) is 0 Å². The lowest BCUT2D eigenvalue weighted by molar-refractivity contribution is -0.385. The quantitative estimate of drug-likeness (QED) is 0.429. The van der Waals surface area contributed by atoms with Crippen molar-refractivity contribution >= 4 is 33.6 Å². The maximum atomic E-state index is 12.6. The zero-order chi connectivity index (χ0) is 19.0. The summed E-state index contributed by atoms with van der Waals surface area (Å²) in [4.78, 5) is 23.8. The summed E-state index contributed by atoms with van der Waals surface area (Å²) < 4.78 is 1.58. The molecular formula is C17H12N6O3S. The van der Waals surface area contributed by atoms with Gasteiger partial charge < -0.3 is 5.32 Å². The summed E-state index contributed by atoms with van der Waals surface area (Å²) in [5.41, 5.74) is 1.88. The fourth-order valence-electron chi connectivity index (χ4n) is 2.67. The van der Waals surface area contributed by atoms with Crippen LogP contribution in [0.2, 0.25) is 0 Å². The lowest BCUT2D eigenvalue weighted by Crippen LogP contribution is -2.14. The number of hydrogen-bond acceptors (Lipinski definition) is 7. The number of carbonyl (C=O) groups is 1. The predicted octanol–water partition coefficient (Wildman–Crippen LogP) is 3.32. The summed E-state index contributed by atoms with van der Waals surface area (Å²) in [6.07, 6.45) is 1.52. The third-order valence-corrected chi connectivity index (χ3v) is 4.96. The van der Waals surface area contributed by atoms with Gasteiger partial charge in [0.15, 0.2) is 0 Å². The zero-order valence-corrected chi connectivity index (χ0v) is 14.8. The second-order valence-corrected chi connectivity index (χ2v) is 6.66. The molecule has 0 atom stereocenters. The molecule has 0 aliphatic rings. The maximum absolute atomic E-state index is 12.6. The number of rotatable bonds is 4. The number of aromatic nitrogens is 4. The van der Waals surface area contributed by atoms with E-state index >= 15 is 0 Å². The molecule has 0 saturated carbocycles. The first-order chi connectivity index (χ1) is 13.0. The molecule has 27 heavy (non-hydrogen) atoms. The Bertz CT molecular complexity index is 1150. The largest absolute Gasteiger partial charge is 0.322 e. The molecule has 9 nitrogen and oxygen atoms in total. The van der Waals surface area contributed by atoms with Gasteiger partial charge in [0.1, 0.15) is 11.3 Å². The third kappa shape index (κ3) is 3.13. The van der Waals surface area contributed by atoms with Crippen LogP contribution < -0.4 is 5.32 Å². The Morgan fingerprint density at radius 3 is 2.85 bits per heavy atom. The van der Waals surface area contributed by atoms with Crippen molar-refractivity contribution in [2.75, 3.05) is 5.32 Å². The van der Waals surface area contributed by atoms with Gasteiger partial charge in [-0.2, -0.15) is 9.61 Å². The van der Waals surface area contributed by atoms with Crippen molar-refractivity contribution in [1.82, 2.24) is 19.8 Å². The molecule has 0 saturated heterocycles. The minimum atomic E-state index is -0.500. The highest BCUT2D eigenvalue weighted by atomic mass is 32.1. The number of fused-ring (bicyclic) bond motifs is 1. The van der Waals surface area contributed by atoms with E-state index in [1.165, 1.54) is 29.8 Å². The number of hydrogen-bond donors (Lipinski definition) is 1. The monoisotopic (exact) mass is 380 g/mol. The molecule has 0 fully saturated rings. The Labute approximate surface area is 156 Å². The number of nitrogens with one attached hydrogen (secondary N) is 1. The predicted molar refractivity (Wildman–Crippen MR) is 99.9 cm³/mol. The van der Waals surface area contributed by atoms with Crippen LogP contribution in [-0.4, -0.2) is 30.6 Å². The number of carbonyl (C=O) groups excluding carboxylic acids is 1. The molecule has 1 amide bonds. The van der Waals surface area contributed by atoms with Crippen LogP contribution >= 0.6 is 11.3 Å². The van der Waals surface area contributed by atoms with Crippen LogP contribution in [0, 0.1) is 17.0 Å². The van der Waals surface area contributed by atoms with E-state index in [0.29, 0.717) is 16.2 Å². The van der Waals surface area contributed by atoms with Crippen LogP contribution in [0.3, 0.4) is 0 Å². The summed E-state index contributed by atoms with van der Waals surface area (Å²) in [6.45, 7) is 1.56. The Hall–Kier alpha value is -3.66. The summed E-state index contributed by atoms with van der Waals surface area (Å²) in [7, 11) is 0. The standard InChI is InChI=1S/C17H12N6O3S/c1-10-13(6-3-7-14(10)23(25)26)15(24)19-12-5-2-4-11(8-12)16-21-22-9-18-20-17(22)27-16/h2-9H,1H3,(H,19,24). The highest BCUT2D eigenvalue weighted by molar-refractivity contribution is 7.19. The smallest absolute Gasteiger partial charge is 0.273 e. The lowest BCUT2D eigenvalue weighted by atomic mass is 10.1. The van der Waals surface area contributed by atoms with Crippen molar-refractivity contribution in [2.24, 2.45) is 0 Å². The van der Waals surface area contributed by atoms with Crippen molar-refractivity contribution < 1.29 is 9.72 Å². The number of nitro benzene ring substituents is 1. The Morgan fingerprint density at radius 2 is 2.07 bits per heavy atom. The molecule has 134 valence electrons. The SMILES string of the molecule is Cc1c(C(=O)Nc2cccc(-c3nn4cnnc4s3)c2)cccc1[N+](=O)[O-]. The number of nitrogens with zero attached hydrogens (tertiary/aromatic N) is 5. The van der Waals surface area contributed by atoms with Gasteiger partial charge in [0, 0.05) is 28.4 Å².